The van der Waals surface area contributed by atoms with Gasteiger partial charge >= 0.3 is 5.63 Å². The highest BCUT2D eigenvalue weighted by Gasteiger charge is 2.12. The minimum atomic E-state index is -0.643. The van der Waals surface area contributed by atoms with E-state index in [9.17, 15) is 9.59 Å². The number of hydrazone groups is 1. The van der Waals surface area contributed by atoms with Crippen molar-refractivity contribution in [1.29, 1.82) is 0 Å². The zero-order chi connectivity index (χ0) is 19.4. The molecule has 27 heavy (non-hydrogen) atoms. The van der Waals surface area contributed by atoms with E-state index in [1.807, 2.05) is 0 Å². The van der Waals surface area contributed by atoms with Crippen molar-refractivity contribution in [3.05, 3.63) is 70.1 Å². The van der Waals surface area contributed by atoms with Crippen molar-refractivity contribution in [3.63, 3.8) is 0 Å². The zero-order valence-corrected chi connectivity index (χ0v) is 14.7. The Kier molecular flexibility index (Phi) is 5.07. The third kappa shape index (κ3) is 3.74. The van der Waals surface area contributed by atoms with Gasteiger partial charge in [0.2, 0.25) is 0 Å². The number of ether oxygens (including phenoxy) is 2. The Balaban J connectivity index is 1.84. The number of nitrogens with zero attached hydrogens (tertiary/aromatic N) is 1. The van der Waals surface area contributed by atoms with E-state index in [-0.39, 0.29) is 17.0 Å². The predicted octanol–water partition coefficient (Wildman–Crippen LogP) is 1.86. The molecule has 0 radical (unpaired) electrons. The minimum Gasteiger partial charge on any atom is -0.493 e. The van der Waals surface area contributed by atoms with Gasteiger partial charge in [-0.2, -0.15) is 5.10 Å². The van der Waals surface area contributed by atoms with Gasteiger partial charge in [-0.3, -0.25) is 4.79 Å². The third-order valence-corrected chi connectivity index (χ3v) is 3.84. The van der Waals surface area contributed by atoms with Crippen molar-refractivity contribution in [3.8, 4) is 11.5 Å². The number of nitrogens with two attached hydrogens (primary N) is 1. The Labute approximate surface area is 154 Å². The average molecular weight is 367 g/mol. The van der Waals surface area contributed by atoms with Gasteiger partial charge in [-0.25, -0.2) is 10.2 Å². The van der Waals surface area contributed by atoms with Crippen LogP contribution in [0.2, 0.25) is 0 Å². The quantitative estimate of drug-likeness (QED) is 0.308. The largest absolute Gasteiger partial charge is 0.493 e. The van der Waals surface area contributed by atoms with Crippen LogP contribution in [-0.4, -0.2) is 26.0 Å². The molecule has 0 unspecified atom stereocenters. The highest BCUT2D eigenvalue weighted by molar-refractivity contribution is 6.01. The van der Waals surface area contributed by atoms with Gasteiger partial charge in [-0.05, 0) is 30.3 Å². The molecule has 0 aliphatic rings. The molecule has 0 saturated heterocycles. The van der Waals surface area contributed by atoms with E-state index in [0.717, 1.165) is 0 Å². The Hall–Kier alpha value is -3.81. The van der Waals surface area contributed by atoms with Crippen molar-refractivity contribution >= 4 is 22.7 Å². The smallest absolute Gasteiger partial charge is 0.347 e. The van der Waals surface area contributed by atoms with E-state index in [4.69, 9.17) is 19.6 Å². The molecular formula is C19H17N3O5. The molecule has 0 spiro atoms. The van der Waals surface area contributed by atoms with Crippen LogP contribution < -0.4 is 26.3 Å². The number of hydrogen-bond donors (Lipinski definition) is 2. The molecular weight excluding hydrogens is 350 g/mol. The normalized spacial score (nSPS) is 11.3. The summed E-state index contributed by atoms with van der Waals surface area (Å²) in [7, 11) is 2.96. The number of nitrogens with one attached hydrogen (secondary N) is 1. The lowest BCUT2D eigenvalue weighted by atomic mass is 10.2. The first-order valence-electron chi connectivity index (χ1n) is 7.92. The fourth-order valence-electron chi connectivity index (χ4n) is 2.45. The second-order valence-electron chi connectivity index (χ2n) is 5.49. The van der Waals surface area contributed by atoms with E-state index < -0.39 is 11.5 Å². The molecule has 0 saturated carbocycles. The van der Waals surface area contributed by atoms with Crippen LogP contribution in [0.25, 0.3) is 11.0 Å². The number of rotatable bonds is 5. The number of carbonyl (C=O) groups excluding carboxylic acids is 1. The van der Waals surface area contributed by atoms with E-state index in [2.05, 4.69) is 10.5 Å². The number of methoxy groups -OCH3 is 2. The second kappa shape index (κ2) is 7.61. The maximum atomic E-state index is 12.3. The second-order valence-corrected chi connectivity index (χ2v) is 5.49. The molecule has 0 fully saturated rings. The van der Waals surface area contributed by atoms with Crippen LogP contribution in [0.1, 0.15) is 15.9 Å². The summed E-state index contributed by atoms with van der Waals surface area (Å²) in [5, 5.41) is 4.49. The molecule has 3 aromatic rings. The molecule has 8 nitrogen and oxygen atoms in total. The number of carbonyl (C=O) groups is 1. The van der Waals surface area contributed by atoms with Crippen molar-refractivity contribution in [2.45, 2.75) is 0 Å². The molecule has 1 amide bonds. The molecule has 1 heterocycles. The van der Waals surface area contributed by atoms with Gasteiger partial charge in [0.15, 0.2) is 17.3 Å². The first-order valence-corrected chi connectivity index (χ1v) is 7.92. The van der Waals surface area contributed by atoms with Crippen LogP contribution in [0.4, 0.5) is 0 Å². The Morgan fingerprint density at radius 3 is 2.56 bits per heavy atom. The minimum absolute atomic E-state index is 0.0568. The van der Waals surface area contributed by atoms with E-state index in [0.29, 0.717) is 22.5 Å². The molecule has 0 atom stereocenters. The average Bonchev–Trinajstić information content (AvgIpc) is 2.70. The van der Waals surface area contributed by atoms with Crippen LogP contribution in [0, 0.1) is 0 Å². The summed E-state index contributed by atoms with van der Waals surface area (Å²) in [6, 6.07) is 13.2. The van der Waals surface area contributed by atoms with E-state index in [1.54, 1.807) is 42.5 Å². The lowest BCUT2D eigenvalue weighted by Gasteiger charge is -2.09. The molecule has 8 heteroatoms. The van der Waals surface area contributed by atoms with Crippen LogP contribution in [0.15, 0.2) is 62.8 Å². The highest BCUT2D eigenvalue weighted by Crippen LogP contribution is 2.27. The molecule has 0 aliphatic carbocycles. The summed E-state index contributed by atoms with van der Waals surface area (Å²) in [4.78, 5) is 24.3. The number of amides is 1. The van der Waals surface area contributed by atoms with Gasteiger partial charge in [0, 0.05) is 10.9 Å². The molecule has 0 bridgehead atoms. The van der Waals surface area contributed by atoms with Crippen LogP contribution >= 0.6 is 0 Å². The van der Waals surface area contributed by atoms with E-state index in [1.165, 1.54) is 20.3 Å². The van der Waals surface area contributed by atoms with Gasteiger partial charge < -0.3 is 19.6 Å². The van der Waals surface area contributed by atoms with Crippen molar-refractivity contribution in [2.75, 3.05) is 14.2 Å². The van der Waals surface area contributed by atoms with Crippen LogP contribution in [0.3, 0.4) is 0 Å². The summed E-state index contributed by atoms with van der Waals surface area (Å²) in [6.45, 7) is 0. The molecule has 138 valence electrons. The summed E-state index contributed by atoms with van der Waals surface area (Å²) in [6.07, 6.45) is 0. The monoisotopic (exact) mass is 367 g/mol. The number of fused-ring (bicyclic) bond motifs is 1. The van der Waals surface area contributed by atoms with Crippen LogP contribution in [0.5, 0.6) is 11.5 Å². The predicted molar refractivity (Wildman–Crippen MR) is 100 cm³/mol. The zero-order valence-electron chi connectivity index (χ0n) is 14.7. The maximum Gasteiger partial charge on any atom is 0.347 e. The fraction of sp³-hybridized carbons (Fsp3) is 0.105. The third-order valence-electron chi connectivity index (χ3n) is 3.84. The highest BCUT2D eigenvalue weighted by atomic mass is 16.5. The van der Waals surface area contributed by atoms with Crippen molar-refractivity contribution < 1.29 is 18.7 Å². The number of amidine groups is 1. The lowest BCUT2D eigenvalue weighted by Crippen LogP contribution is -2.27. The summed E-state index contributed by atoms with van der Waals surface area (Å²) < 4.78 is 15.5. The van der Waals surface area contributed by atoms with Crippen LogP contribution in [-0.2, 0) is 0 Å². The van der Waals surface area contributed by atoms with E-state index >= 15 is 0 Å². The molecule has 0 aliphatic heterocycles. The van der Waals surface area contributed by atoms with Gasteiger partial charge in [0.1, 0.15) is 11.1 Å². The molecule has 3 N–H and O–H groups in total. The van der Waals surface area contributed by atoms with Crippen molar-refractivity contribution in [2.24, 2.45) is 10.8 Å². The first kappa shape index (κ1) is 18.0. The maximum absolute atomic E-state index is 12.3. The molecule has 1 aromatic heterocycles. The van der Waals surface area contributed by atoms with Gasteiger partial charge in [-0.1, -0.05) is 18.2 Å². The Morgan fingerprint density at radius 2 is 1.81 bits per heavy atom. The Morgan fingerprint density at radius 1 is 1.07 bits per heavy atom. The lowest BCUT2D eigenvalue weighted by molar-refractivity contribution is 0.0954. The summed E-state index contributed by atoms with van der Waals surface area (Å²) >= 11 is 0. The molecule has 2 aromatic carbocycles. The first-order chi connectivity index (χ1) is 13.0. The topological polar surface area (TPSA) is 116 Å². The standard InChI is InChI=1S/C19H17N3O5/c1-25-15-8-7-12(10-16(15)26-2)18(23)22-21-17(20)13-9-11-5-3-4-6-14(11)27-19(13)24/h3-10H,1-2H3,(H2,20,21)(H,22,23). The van der Waals surface area contributed by atoms with Gasteiger partial charge in [0.25, 0.3) is 5.91 Å². The van der Waals surface area contributed by atoms with Gasteiger partial charge in [-0.15, -0.1) is 0 Å². The SMILES string of the molecule is COc1ccc(C(=O)N/N=C(/N)c2cc3ccccc3oc2=O)cc1OC. The molecule has 3 rings (SSSR count). The number of benzene rings is 2. The Bertz CT molecular complexity index is 1090. The summed E-state index contributed by atoms with van der Waals surface area (Å²) in [5.74, 6) is 0.204. The fourth-order valence-corrected chi connectivity index (χ4v) is 2.45. The number of para-hydroxylation sites is 1. The number of hydrogen-bond acceptors (Lipinski definition) is 6. The van der Waals surface area contributed by atoms with Crippen molar-refractivity contribution in [1.82, 2.24) is 5.43 Å². The van der Waals surface area contributed by atoms with Gasteiger partial charge in [0.05, 0.1) is 14.2 Å². The summed E-state index contributed by atoms with van der Waals surface area (Å²) in [5.41, 5.74) is 8.29.